The number of hydrogen-bond donors (Lipinski definition) is 2. The molecule has 2 rings (SSSR count). The highest BCUT2D eigenvalue weighted by atomic mass is 32.1. The van der Waals surface area contributed by atoms with Crippen LogP contribution in [-0.2, 0) is 18.9 Å². The molecular formula is C11H19N7S. The van der Waals surface area contributed by atoms with E-state index in [0.717, 1.165) is 16.4 Å². The molecule has 2 aromatic rings. The first-order chi connectivity index (χ1) is 8.93. The maximum Gasteiger partial charge on any atom is 0.138 e. The Kier molecular flexibility index (Phi) is 3.93. The van der Waals surface area contributed by atoms with Gasteiger partial charge in [-0.1, -0.05) is 25.3 Å². The molecule has 0 fully saturated rings. The van der Waals surface area contributed by atoms with Crippen LogP contribution in [0.3, 0.4) is 0 Å². The normalized spacial score (nSPS) is 13.7. The van der Waals surface area contributed by atoms with E-state index in [2.05, 4.69) is 45.9 Å². The van der Waals surface area contributed by atoms with Gasteiger partial charge in [0.05, 0.1) is 16.6 Å². The summed E-state index contributed by atoms with van der Waals surface area (Å²) in [6.07, 6.45) is 2.19. The number of nitrogens with zero attached hydrogens (tertiary/aromatic N) is 5. The van der Waals surface area contributed by atoms with Gasteiger partial charge in [-0.15, -0.1) is 5.10 Å². The number of hydrazine groups is 1. The maximum atomic E-state index is 5.69. The standard InChI is InChI=1S/C11H19N7S/c1-11(2,3)10-9(19-17-16-10)7(15-12)5-8-13-6-14-18(8)4/h6-7,15H,5,12H2,1-4H3. The molecule has 0 saturated heterocycles. The summed E-state index contributed by atoms with van der Waals surface area (Å²) < 4.78 is 5.81. The zero-order valence-electron chi connectivity index (χ0n) is 11.6. The molecule has 2 aromatic heterocycles. The van der Waals surface area contributed by atoms with Crippen LogP contribution in [0.5, 0.6) is 0 Å². The molecule has 0 aromatic carbocycles. The van der Waals surface area contributed by atoms with Crippen molar-refractivity contribution >= 4 is 11.5 Å². The molecule has 0 aliphatic rings. The van der Waals surface area contributed by atoms with Crippen molar-refractivity contribution in [3.63, 3.8) is 0 Å². The summed E-state index contributed by atoms with van der Waals surface area (Å²) in [5.41, 5.74) is 3.75. The van der Waals surface area contributed by atoms with Crippen molar-refractivity contribution in [2.45, 2.75) is 38.6 Å². The van der Waals surface area contributed by atoms with Crippen LogP contribution in [-0.4, -0.2) is 24.4 Å². The number of aryl methyl sites for hydroxylation is 1. The van der Waals surface area contributed by atoms with E-state index >= 15 is 0 Å². The van der Waals surface area contributed by atoms with Gasteiger partial charge in [-0.25, -0.2) is 4.98 Å². The Labute approximate surface area is 116 Å². The zero-order valence-corrected chi connectivity index (χ0v) is 12.4. The van der Waals surface area contributed by atoms with E-state index in [9.17, 15) is 0 Å². The predicted molar refractivity (Wildman–Crippen MR) is 73.4 cm³/mol. The molecule has 19 heavy (non-hydrogen) atoms. The van der Waals surface area contributed by atoms with E-state index in [1.54, 1.807) is 11.0 Å². The van der Waals surface area contributed by atoms with E-state index in [0.29, 0.717) is 6.42 Å². The van der Waals surface area contributed by atoms with E-state index in [-0.39, 0.29) is 11.5 Å². The minimum absolute atomic E-state index is 0.0582. The molecular weight excluding hydrogens is 262 g/mol. The highest BCUT2D eigenvalue weighted by Crippen LogP contribution is 2.31. The molecule has 3 N–H and O–H groups in total. The molecule has 1 atom stereocenters. The Morgan fingerprint density at radius 1 is 1.47 bits per heavy atom. The predicted octanol–water partition coefficient (Wildman–Crippen LogP) is 0.711. The lowest BCUT2D eigenvalue weighted by Gasteiger charge is -2.21. The molecule has 7 nitrogen and oxygen atoms in total. The first-order valence-corrected chi connectivity index (χ1v) is 6.82. The molecule has 0 saturated carbocycles. The number of hydrogen-bond acceptors (Lipinski definition) is 7. The van der Waals surface area contributed by atoms with Crippen molar-refractivity contribution in [3.05, 3.63) is 22.7 Å². The van der Waals surface area contributed by atoms with Gasteiger partial charge < -0.3 is 0 Å². The molecule has 0 aliphatic heterocycles. The van der Waals surface area contributed by atoms with Crippen molar-refractivity contribution in [3.8, 4) is 0 Å². The van der Waals surface area contributed by atoms with Crippen molar-refractivity contribution in [2.24, 2.45) is 12.9 Å². The second kappa shape index (κ2) is 5.32. The van der Waals surface area contributed by atoms with Crippen LogP contribution in [0.2, 0.25) is 0 Å². The molecule has 0 aliphatic carbocycles. The molecule has 1 unspecified atom stereocenters. The Balaban J connectivity index is 2.28. The number of aromatic nitrogens is 5. The summed E-state index contributed by atoms with van der Waals surface area (Å²) in [6, 6.07) is -0.0582. The molecule has 8 heteroatoms. The maximum absolute atomic E-state index is 5.69. The van der Waals surface area contributed by atoms with Gasteiger partial charge >= 0.3 is 0 Å². The lowest BCUT2D eigenvalue weighted by molar-refractivity contribution is 0.500. The molecule has 2 heterocycles. The summed E-state index contributed by atoms with van der Waals surface area (Å²) in [5.74, 6) is 6.56. The first-order valence-electron chi connectivity index (χ1n) is 6.05. The Morgan fingerprint density at radius 2 is 2.21 bits per heavy atom. The first kappa shape index (κ1) is 14.0. The topological polar surface area (TPSA) is 94.5 Å². The smallest absolute Gasteiger partial charge is 0.138 e. The Hall–Kier alpha value is -1.38. The van der Waals surface area contributed by atoms with Gasteiger partial charge in [0.2, 0.25) is 0 Å². The monoisotopic (exact) mass is 281 g/mol. The van der Waals surface area contributed by atoms with Crippen LogP contribution in [0, 0.1) is 0 Å². The third-order valence-corrected chi connectivity index (χ3v) is 3.77. The van der Waals surface area contributed by atoms with E-state index < -0.39 is 0 Å². The highest BCUT2D eigenvalue weighted by Gasteiger charge is 2.27. The molecule has 0 spiro atoms. The summed E-state index contributed by atoms with van der Waals surface area (Å²) in [7, 11) is 1.87. The van der Waals surface area contributed by atoms with Gasteiger partial charge in [0.15, 0.2) is 0 Å². The quantitative estimate of drug-likeness (QED) is 0.633. The van der Waals surface area contributed by atoms with Gasteiger partial charge in [0, 0.05) is 18.9 Å². The van der Waals surface area contributed by atoms with Gasteiger partial charge in [-0.05, 0) is 11.5 Å². The van der Waals surface area contributed by atoms with Gasteiger partial charge in [0.25, 0.3) is 0 Å². The number of rotatable bonds is 4. The van der Waals surface area contributed by atoms with Crippen LogP contribution in [0.4, 0.5) is 0 Å². The van der Waals surface area contributed by atoms with Crippen molar-refractivity contribution in [1.82, 2.24) is 29.8 Å². The fourth-order valence-corrected chi connectivity index (χ4v) is 2.78. The fraction of sp³-hybridized carbons (Fsp3) is 0.636. The van der Waals surface area contributed by atoms with E-state index in [1.807, 2.05) is 7.05 Å². The van der Waals surface area contributed by atoms with Crippen molar-refractivity contribution < 1.29 is 0 Å². The van der Waals surface area contributed by atoms with Crippen LogP contribution in [0.15, 0.2) is 6.33 Å². The number of nitrogens with two attached hydrogens (primary N) is 1. The average Bonchev–Trinajstić information content (AvgIpc) is 2.94. The molecule has 0 amide bonds. The summed E-state index contributed by atoms with van der Waals surface area (Å²) in [5, 5.41) is 8.30. The zero-order chi connectivity index (χ0) is 14.0. The Morgan fingerprint density at radius 3 is 2.74 bits per heavy atom. The van der Waals surface area contributed by atoms with E-state index in [4.69, 9.17) is 5.84 Å². The van der Waals surface area contributed by atoms with Gasteiger partial charge in [-0.2, -0.15) is 5.10 Å². The van der Waals surface area contributed by atoms with Crippen LogP contribution >= 0.6 is 11.5 Å². The lowest BCUT2D eigenvalue weighted by atomic mass is 9.89. The van der Waals surface area contributed by atoms with Crippen LogP contribution in [0.25, 0.3) is 0 Å². The van der Waals surface area contributed by atoms with Crippen molar-refractivity contribution in [1.29, 1.82) is 0 Å². The van der Waals surface area contributed by atoms with Crippen molar-refractivity contribution in [2.75, 3.05) is 0 Å². The lowest BCUT2D eigenvalue weighted by Crippen LogP contribution is -2.31. The van der Waals surface area contributed by atoms with Crippen LogP contribution < -0.4 is 11.3 Å². The van der Waals surface area contributed by atoms with E-state index in [1.165, 1.54) is 11.5 Å². The summed E-state index contributed by atoms with van der Waals surface area (Å²) in [6.45, 7) is 6.34. The Bertz CT molecular complexity index is 539. The fourth-order valence-electron chi connectivity index (χ4n) is 1.86. The third-order valence-electron chi connectivity index (χ3n) is 2.93. The second-order valence-corrected chi connectivity index (χ2v) is 6.24. The minimum atomic E-state index is -0.0582. The minimum Gasteiger partial charge on any atom is -0.271 e. The third kappa shape index (κ3) is 2.96. The average molecular weight is 281 g/mol. The summed E-state index contributed by atoms with van der Waals surface area (Å²) >= 11 is 1.38. The van der Waals surface area contributed by atoms with Gasteiger partial charge in [-0.3, -0.25) is 16.0 Å². The SMILES string of the molecule is Cn1ncnc1CC(NN)c1snnc1C(C)(C)C. The second-order valence-electron chi connectivity index (χ2n) is 5.46. The summed E-state index contributed by atoms with van der Waals surface area (Å²) in [4.78, 5) is 5.28. The largest absolute Gasteiger partial charge is 0.271 e. The molecule has 0 radical (unpaired) electrons. The van der Waals surface area contributed by atoms with Crippen LogP contribution in [0.1, 0.15) is 43.2 Å². The molecule has 104 valence electrons. The number of nitrogens with one attached hydrogen (secondary N) is 1. The highest BCUT2D eigenvalue weighted by molar-refractivity contribution is 7.05. The van der Waals surface area contributed by atoms with Gasteiger partial charge in [0.1, 0.15) is 12.2 Å². The molecule has 0 bridgehead atoms.